The van der Waals surface area contributed by atoms with Gasteiger partial charge in [0, 0.05) is 6.54 Å². The number of rotatable bonds is 5. The van der Waals surface area contributed by atoms with E-state index in [4.69, 9.17) is 16.3 Å². The Bertz CT molecular complexity index is 1060. The van der Waals surface area contributed by atoms with E-state index in [1.807, 2.05) is 20.8 Å². The Hall–Kier alpha value is -2.32. The van der Waals surface area contributed by atoms with Crippen molar-refractivity contribution in [3.8, 4) is 5.75 Å². The highest BCUT2D eigenvalue weighted by molar-refractivity contribution is 7.92. The molecule has 2 aromatic rings. The SMILES string of the molecule is CCCN1C(=O)C(C)(C)COc2ccc(NS(=O)(=O)c3ccc(F)c(Cl)c3)cc21. The number of fused-ring (bicyclic) bond motifs is 1. The van der Waals surface area contributed by atoms with E-state index >= 15 is 0 Å². The van der Waals surface area contributed by atoms with Crippen LogP contribution in [0.3, 0.4) is 0 Å². The number of benzene rings is 2. The molecule has 0 atom stereocenters. The number of amides is 1. The standard InChI is InChI=1S/C20H22ClFN2O4S/c1-4-9-24-17-10-13(5-8-18(17)28-12-20(2,3)19(24)25)23-29(26,27)14-6-7-16(22)15(21)11-14/h5-8,10-11,23H,4,9,12H2,1-3H3. The molecule has 0 bridgehead atoms. The molecule has 1 N–H and O–H groups in total. The van der Waals surface area contributed by atoms with Crippen LogP contribution in [0.2, 0.25) is 5.02 Å². The van der Waals surface area contributed by atoms with Crippen LogP contribution in [0.4, 0.5) is 15.8 Å². The second-order valence-electron chi connectivity index (χ2n) is 7.49. The lowest BCUT2D eigenvalue weighted by atomic mass is 9.93. The Balaban J connectivity index is 1.98. The van der Waals surface area contributed by atoms with Gasteiger partial charge in [0.15, 0.2) is 0 Å². The molecule has 9 heteroatoms. The monoisotopic (exact) mass is 440 g/mol. The van der Waals surface area contributed by atoms with Gasteiger partial charge >= 0.3 is 0 Å². The predicted molar refractivity (Wildman–Crippen MR) is 111 cm³/mol. The molecule has 0 saturated carbocycles. The van der Waals surface area contributed by atoms with Crippen LogP contribution in [0.1, 0.15) is 27.2 Å². The van der Waals surface area contributed by atoms with E-state index in [1.165, 1.54) is 0 Å². The number of hydrogen-bond acceptors (Lipinski definition) is 4. The number of hydrogen-bond donors (Lipinski definition) is 1. The van der Waals surface area contributed by atoms with Crippen LogP contribution in [-0.2, 0) is 14.8 Å². The minimum Gasteiger partial charge on any atom is -0.490 e. The molecule has 6 nitrogen and oxygen atoms in total. The van der Waals surface area contributed by atoms with Gasteiger partial charge in [-0.05, 0) is 56.7 Å². The molecular weight excluding hydrogens is 419 g/mol. The van der Waals surface area contributed by atoms with Gasteiger partial charge in [-0.25, -0.2) is 12.8 Å². The van der Waals surface area contributed by atoms with E-state index in [1.54, 1.807) is 23.1 Å². The Labute approximate surface area is 174 Å². The molecule has 0 unspecified atom stereocenters. The molecule has 156 valence electrons. The smallest absolute Gasteiger partial charge is 0.261 e. The number of carbonyl (C=O) groups is 1. The highest BCUT2D eigenvalue weighted by Crippen LogP contribution is 2.38. The number of anilines is 2. The van der Waals surface area contributed by atoms with E-state index in [2.05, 4.69) is 4.72 Å². The fraction of sp³-hybridized carbons (Fsp3) is 0.350. The van der Waals surface area contributed by atoms with Crippen molar-refractivity contribution in [2.45, 2.75) is 32.1 Å². The average Bonchev–Trinajstić information content (AvgIpc) is 2.74. The summed E-state index contributed by atoms with van der Waals surface area (Å²) >= 11 is 5.70. The number of halogens is 2. The molecule has 1 heterocycles. The lowest BCUT2D eigenvalue weighted by Gasteiger charge is -2.28. The number of nitrogens with zero attached hydrogens (tertiary/aromatic N) is 1. The van der Waals surface area contributed by atoms with Crippen molar-refractivity contribution in [1.82, 2.24) is 0 Å². The molecular formula is C20H22ClFN2O4S. The molecule has 2 aromatic carbocycles. The molecule has 29 heavy (non-hydrogen) atoms. The van der Waals surface area contributed by atoms with E-state index in [9.17, 15) is 17.6 Å². The first-order chi connectivity index (χ1) is 13.5. The summed E-state index contributed by atoms with van der Waals surface area (Å²) in [5.74, 6) is -0.294. The summed E-state index contributed by atoms with van der Waals surface area (Å²) in [5.41, 5.74) is 0.0415. The van der Waals surface area contributed by atoms with Crippen LogP contribution in [0.5, 0.6) is 5.75 Å². The van der Waals surface area contributed by atoms with Crippen molar-refractivity contribution in [3.63, 3.8) is 0 Å². The lowest BCUT2D eigenvalue weighted by molar-refractivity contribution is -0.127. The van der Waals surface area contributed by atoms with E-state index in [-0.39, 0.29) is 28.1 Å². The molecule has 1 aliphatic rings. The van der Waals surface area contributed by atoms with Crippen molar-refractivity contribution in [3.05, 3.63) is 47.2 Å². The summed E-state index contributed by atoms with van der Waals surface area (Å²) in [7, 11) is -4.00. The third-order valence-corrected chi connectivity index (χ3v) is 6.23. The van der Waals surface area contributed by atoms with E-state index in [0.717, 1.165) is 24.6 Å². The third-order valence-electron chi connectivity index (χ3n) is 4.56. The van der Waals surface area contributed by atoms with E-state index in [0.29, 0.717) is 18.0 Å². The van der Waals surface area contributed by atoms with Crippen LogP contribution in [-0.4, -0.2) is 27.5 Å². The van der Waals surface area contributed by atoms with Gasteiger partial charge in [-0.15, -0.1) is 0 Å². The van der Waals surface area contributed by atoms with Crippen molar-refractivity contribution in [1.29, 1.82) is 0 Å². The largest absolute Gasteiger partial charge is 0.490 e. The van der Waals surface area contributed by atoms with Gasteiger partial charge in [0.2, 0.25) is 5.91 Å². The van der Waals surface area contributed by atoms with Crippen LogP contribution in [0.25, 0.3) is 0 Å². The summed E-state index contributed by atoms with van der Waals surface area (Å²) in [6.45, 7) is 6.27. The first-order valence-corrected chi connectivity index (χ1v) is 11.0. The highest BCUT2D eigenvalue weighted by atomic mass is 35.5. The first-order valence-electron chi connectivity index (χ1n) is 9.12. The summed E-state index contributed by atoms with van der Waals surface area (Å²) in [6.07, 6.45) is 0.727. The van der Waals surface area contributed by atoms with E-state index < -0.39 is 21.3 Å². The maximum absolute atomic E-state index is 13.4. The topological polar surface area (TPSA) is 75.7 Å². The van der Waals surface area contributed by atoms with Crippen LogP contribution < -0.4 is 14.4 Å². The average molecular weight is 441 g/mol. The van der Waals surface area contributed by atoms with Crippen molar-refractivity contribution in [2.24, 2.45) is 5.41 Å². The van der Waals surface area contributed by atoms with Gasteiger partial charge in [0.25, 0.3) is 10.0 Å². The van der Waals surface area contributed by atoms with Gasteiger partial charge in [-0.2, -0.15) is 0 Å². The molecule has 0 aliphatic carbocycles. The van der Waals surface area contributed by atoms with Crippen LogP contribution >= 0.6 is 11.6 Å². The maximum atomic E-state index is 13.4. The number of nitrogens with one attached hydrogen (secondary N) is 1. The molecule has 0 saturated heterocycles. The number of carbonyl (C=O) groups excluding carboxylic acids is 1. The third kappa shape index (κ3) is 4.33. The molecule has 3 rings (SSSR count). The zero-order valence-electron chi connectivity index (χ0n) is 16.3. The van der Waals surface area contributed by atoms with Gasteiger partial charge in [0.1, 0.15) is 18.2 Å². The number of ether oxygens (including phenoxy) is 1. The highest BCUT2D eigenvalue weighted by Gasteiger charge is 2.37. The fourth-order valence-corrected chi connectivity index (χ4v) is 4.33. The Morgan fingerprint density at radius 3 is 2.62 bits per heavy atom. The van der Waals surface area contributed by atoms with Gasteiger partial charge < -0.3 is 9.64 Å². The quantitative estimate of drug-likeness (QED) is 0.745. The molecule has 0 aromatic heterocycles. The molecule has 0 spiro atoms. The molecule has 1 aliphatic heterocycles. The van der Waals surface area contributed by atoms with Crippen molar-refractivity contribution >= 4 is 38.9 Å². The predicted octanol–water partition coefficient (Wildman–Crippen LogP) is 4.44. The summed E-state index contributed by atoms with van der Waals surface area (Å²) < 4.78 is 47.0. The molecule has 0 fully saturated rings. The summed E-state index contributed by atoms with van der Waals surface area (Å²) in [5, 5.41) is -0.287. The second kappa shape index (κ2) is 7.84. The summed E-state index contributed by atoms with van der Waals surface area (Å²) in [6, 6.07) is 7.90. The first kappa shape index (κ1) is 21.4. The van der Waals surface area contributed by atoms with Crippen molar-refractivity contribution < 1.29 is 22.3 Å². The van der Waals surface area contributed by atoms with Gasteiger partial charge in [0.05, 0.1) is 26.7 Å². The minimum atomic E-state index is -4.00. The van der Waals surface area contributed by atoms with Gasteiger partial charge in [-0.1, -0.05) is 18.5 Å². The van der Waals surface area contributed by atoms with Crippen LogP contribution in [0, 0.1) is 11.2 Å². The zero-order valence-corrected chi connectivity index (χ0v) is 17.9. The fourth-order valence-electron chi connectivity index (χ4n) is 3.01. The Morgan fingerprint density at radius 2 is 1.97 bits per heavy atom. The normalized spacial score (nSPS) is 16.0. The molecule has 0 radical (unpaired) electrons. The maximum Gasteiger partial charge on any atom is 0.261 e. The van der Waals surface area contributed by atoms with Crippen molar-refractivity contribution in [2.75, 3.05) is 22.8 Å². The van der Waals surface area contributed by atoms with Crippen LogP contribution in [0.15, 0.2) is 41.3 Å². The Morgan fingerprint density at radius 1 is 1.24 bits per heavy atom. The molecule has 1 amide bonds. The lowest BCUT2D eigenvalue weighted by Crippen LogP contribution is -2.42. The number of sulfonamides is 1. The summed E-state index contributed by atoms with van der Waals surface area (Å²) in [4.78, 5) is 14.4. The minimum absolute atomic E-state index is 0.0941. The second-order valence-corrected chi connectivity index (χ2v) is 9.58. The van der Waals surface area contributed by atoms with Gasteiger partial charge in [-0.3, -0.25) is 9.52 Å². The Kier molecular flexibility index (Phi) is 5.78. The zero-order chi connectivity index (χ0) is 21.4.